The van der Waals surface area contributed by atoms with Gasteiger partial charge < -0.3 is 10.1 Å². The van der Waals surface area contributed by atoms with Gasteiger partial charge in [0.05, 0.1) is 16.8 Å². The lowest BCUT2D eigenvalue weighted by molar-refractivity contribution is 0.0215. The Kier molecular flexibility index (Phi) is 4.16. The lowest BCUT2D eigenvalue weighted by Crippen LogP contribution is -2.13. The largest absolute Gasteiger partial charge is 0.374 e. The van der Waals surface area contributed by atoms with Crippen LogP contribution in [0.4, 0.5) is 14.6 Å². The monoisotopic (exact) mass is 259 g/mol. The van der Waals surface area contributed by atoms with E-state index in [4.69, 9.17) is 4.74 Å². The Morgan fingerprint density at radius 3 is 3.12 bits per heavy atom. The molecule has 0 unspecified atom stereocenters. The van der Waals surface area contributed by atoms with Gasteiger partial charge >= 0.3 is 0 Å². The maximum atomic E-state index is 11.8. The molecule has 0 fully saturated rings. The molecule has 2 rings (SSSR count). The topological polar surface area (TPSA) is 47.0 Å². The Labute approximate surface area is 101 Å². The van der Waals surface area contributed by atoms with E-state index in [0.29, 0.717) is 12.4 Å². The fourth-order valence-electron chi connectivity index (χ4n) is 1.33. The summed E-state index contributed by atoms with van der Waals surface area (Å²) in [5, 5.41) is 4.97. The Hall–Kier alpha value is -1.34. The van der Waals surface area contributed by atoms with Gasteiger partial charge in [-0.25, -0.2) is 18.7 Å². The molecule has 0 aliphatic heterocycles. The molecule has 0 bridgehead atoms. The minimum absolute atomic E-state index is 0.223. The van der Waals surface area contributed by atoms with E-state index in [-0.39, 0.29) is 6.61 Å². The summed E-state index contributed by atoms with van der Waals surface area (Å²) in [6, 6.07) is 1.90. The number of nitrogens with zero attached hydrogens (tertiary/aromatic N) is 2. The summed E-state index contributed by atoms with van der Waals surface area (Å²) in [6.45, 7) is 0.137. The molecule has 0 aliphatic rings. The van der Waals surface area contributed by atoms with Gasteiger partial charge in [0.15, 0.2) is 0 Å². The van der Waals surface area contributed by atoms with Gasteiger partial charge in [-0.2, -0.15) is 0 Å². The van der Waals surface area contributed by atoms with Crippen molar-refractivity contribution in [1.82, 2.24) is 9.97 Å². The number of thiophene rings is 1. The summed E-state index contributed by atoms with van der Waals surface area (Å²) in [7, 11) is 0. The van der Waals surface area contributed by atoms with Crippen LogP contribution in [0.2, 0.25) is 0 Å². The summed E-state index contributed by atoms with van der Waals surface area (Å²) >= 11 is 1.53. The second-order valence-electron chi connectivity index (χ2n) is 3.25. The highest BCUT2D eigenvalue weighted by Crippen LogP contribution is 2.24. The number of halogens is 2. The first-order valence-corrected chi connectivity index (χ1v) is 5.93. The lowest BCUT2D eigenvalue weighted by atomic mass is 10.4. The minimum atomic E-state index is -2.42. The molecular formula is C10H11F2N3OS. The van der Waals surface area contributed by atoms with Crippen molar-refractivity contribution in [2.45, 2.75) is 6.43 Å². The van der Waals surface area contributed by atoms with Gasteiger partial charge in [-0.3, -0.25) is 0 Å². The SMILES string of the molecule is FC(F)COCCNc1ncnc2ccsc12. The fraction of sp³-hybridized carbons (Fsp3) is 0.400. The van der Waals surface area contributed by atoms with Crippen molar-refractivity contribution in [1.29, 1.82) is 0 Å². The second kappa shape index (κ2) is 5.83. The van der Waals surface area contributed by atoms with Gasteiger partial charge in [-0.05, 0) is 11.4 Å². The number of anilines is 1. The Balaban J connectivity index is 1.84. The van der Waals surface area contributed by atoms with E-state index in [1.807, 2.05) is 11.4 Å². The highest BCUT2D eigenvalue weighted by molar-refractivity contribution is 7.17. The van der Waals surface area contributed by atoms with Crippen molar-refractivity contribution < 1.29 is 13.5 Å². The van der Waals surface area contributed by atoms with Crippen LogP contribution in [0.1, 0.15) is 0 Å². The highest BCUT2D eigenvalue weighted by atomic mass is 32.1. The molecule has 17 heavy (non-hydrogen) atoms. The van der Waals surface area contributed by atoms with E-state index in [1.54, 1.807) is 0 Å². The average Bonchev–Trinajstić information content (AvgIpc) is 2.77. The molecule has 92 valence electrons. The molecule has 0 aliphatic carbocycles. The van der Waals surface area contributed by atoms with Crippen LogP contribution in [0, 0.1) is 0 Å². The van der Waals surface area contributed by atoms with Crippen LogP contribution >= 0.6 is 11.3 Å². The van der Waals surface area contributed by atoms with E-state index >= 15 is 0 Å². The van der Waals surface area contributed by atoms with Crippen molar-refractivity contribution in [2.75, 3.05) is 25.1 Å². The normalized spacial score (nSPS) is 11.2. The average molecular weight is 259 g/mol. The maximum Gasteiger partial charge on any atom is 0.261 e. The van der Waals surface area contributed by atoms with Gasteiger partial charge in [0, 0.05) is 6.54 Å². The minimum Gasteiger partial charge on any atom is -0.374 e. The number of fused-ring (bicyclic) bond motifs is 1. The number of ether oxygens (including phenoxy) is 1. The zero-order valence-corrected chi connectivity index (χ0v) is 9.71. The van der Waals surface area contributed by atoms with Crippen molar-refractivity contribution in [3.8, 4) is 0 Å². The third-order valence-electron chi connectivity index (χ3n) is 2.03. The van der Waals surface area contributed by atoms with Gasteiger partial charge in [-0.1, -0.05) is 0 Å². The quantitative estimate of drug-likeness (QED) is 0.809. The van der Waals surface area contributed by atoms with E-state index < -0.39 is 13.0 Å². The van der Waals surface area contributed by atoms with E-state index in [0.717, 1.165) is 10.2 Å². The van der Waals surface area contributed by atoms with Crippen LogP contribution in [-0.2, 0) is 4.74 Å². The van der Waals surface area contributed by atoms with Crippen LogP contribution in [0.15, 0.2) is 17.8 Å². The fourth-order valence-corrected chi connectivity index (χ4v) is 2.14. The van der Waals surface area contributed by atoms with Gasteiger partial charge in [0.2, 0.25) is 0 Å². The third-order valence-corrected chi connectivity index (χ3v) is 2.94. The Morgan fingerprint density at radius 1 is 1.41 bits per heavy atom. The number of nitrogens with one attached hydrogen (secondary N) is 1. The summed E-state index contributed by atoms with van der Waals surface area (Å²) in [4.78, 5) is 8.19. The lowest BCUT2D eigenvalue weighted by Gasteiger charge is -2.06. The van der Waals surface area contributed by atoms with Crippen LogP contribution in [0.5, 0.6) is 0 Å². The summed E-state index contributed by atoms with van der Waals surface area (Å²) in [5.74, 6) is 0.714. The van der Waals surface area contributed by atoms with Crippen molar-refractivity contribution >= 4 is 27.4 Å². The molecule has 0 saturated heterocycles. The molecule has 0 spiro atoms. The molecule has 1 N–H and O–H groups in total. The summed E-state index contributed by atoms with van der Waals surface area (Å²) in [5.41, 5.74) is 0.876. The first-order chi connectivity index (χ1) is 8.27. The van der Waals surface area contributed by atoms with E-state index in [9.17, 15) is 8.78 Å². The van der Waals surface area contributed by atoms with Crippen LogP contribution in [0.25, 0.3) is 10.2 Å². The molecule has 2 heterocycles. The third kappa shape index (κ3) is 3.31. The van der Waals surface area contributed by atoms with Crippen LogP contribution in [0.3, 0.4) is 0 Å². The molecule has 2 aromatic rings. The van der Waals surface area contributed by atoms with E-state index in [2.05, 4.69) is 15.3 Å². The highest BCUT2D eigenvalue weighted by Gasteiger charge is 2.04. The zero-order chi connectivity index (χ0) is 12.1. The summed E-state index contributed by atoms with van der Waals surface area (Å²) < 4.78 is 29.3. The van der Waals surface area contributed by atoms with Crippen molar-refractivity contribution in [3.63, 3.8) is 0 Å². The first kappa shape index (κ1) is 12.1. The molecule has 2 aromatic heterocycles. The van der Waals surface area contributed by atoms with Crippen molar-refractivity contribution in [3.05, 3.63) is 17.8 Å². The number of rotatable bonds is 6. The van der Waals surface area contributed by atoms with Gasteiger partial charge in [0.25, 0.3) is 6.43 Å². The second-order valence-corrected chi connectivity index (χ2v) is 4.17. The number of hydrogen-bond donors (Lipinski definition) is 1. The molecular weight excluding hydrogens is 248 g/mol. The molecule has 0 saturated carbocycles. The Bertz CT molecular complexity index is 477. The van der Waals surface area contributed by atoms with Crippen molar-refractivity contribution in [2.24, 2.45) is 0 Å². The van der Waals surface area contributed by atoms with Gasteiger partial charge in [0.1, 0.15) is 18.8 Å². The smallest absolute Gasteiger partial charge is 0.261 e. The summed E-state index contributed by atoms with van der Waals surface area (Å²) in [6.07, 6.45) is -0.949. The molecule has 4 nitrogen and oxygen atoms in total. The predicted octanol–water partition coefficient (Wildman–Crippen LogP) is 2.38. The molecule has 0 aromatic carbocycles. The number of aromatic nitrogens is 2. The molecule has 7 heteroatoms. The molecule has 0 amide bonds. The number of alkyl halides is 2. The van der Waals surface area contributed by atoms with Crippen LogP contribution < -0.4 is 5.32 Å². The molecule has 0 radical (unpaired) electrons. The first-order valence-electron chi connectivity index (χ1n) is 5.05. The predicted molar refractivity (Wildman–Crippen MR) is 62.7 cm³/mol. The maximum absolute atomic E-state index is 11.8. The van der Waals surface area contributed by atoms with E-state index in [1.165, 1.54) is 17.7 Å². The number of hydrogen-bond acceptors (Lipinski definition) is 5. The molecule has 0 atom stereocenters. The Morgan fingerprint density at radius 2 is 2.29 bits per heavy atom. The van der Waals surface area contributed by atoms with Gasteiger partial charge in [-0.15, -0.1) is 11.3 Å². The standard InChI is InChI=1S/C10H11F2N3OS/c11-8(12)5-16-3-2-13-10-9-7(1-4-17-9)14-6-15-10/h1,4,6,8H,2-3,5H2,(H,13,14,15). The zero-order valence-electron chi connectivity index (χ0n) is 8.90. The van der Waals surface area contributed by atoms with Crippen LogP contribution in [-0.4, -0.2) is 36.2 Å².